The molecule has 9 nitrogen and oxygen atoms in total. The maximum atomic E-state index is 13.6. The van der Waals surface area contributed by atoms with Crippen LogP contribution in [0.5, 0.6) is 0 Å². The van der Waals surface area contributed by atoms with Gasteiger partial charge in [0, 0.05) is 10.0 Å². The average molecular weight is 471 g/mol. The van der Waals surface area contributed by atoms with Crippen molar-refractivity contribution in [3.63, 3.8) is 0 Å². The summed E-state index contributed by atoms with van der Waals surface area (Å²) in [5.74, 6) is -1.03. The van der Waals surface area contributed by atoms with Crippen LogP contribution in [-0.4, -0.2) is 39.0 Å². The van der Waals surface area contributed by atoms with Crippen molar-refractivity contribution in [3.8, 4) is 11.4 Å². The van der Waals surface area contributed by atoms with E-state index >= 15 is 0 Å². The maximum Gasteiger partial charge on any atom is 0.263 e. The topological polar surface area (TPSA) is 104 Å². The Bertz CT molecular complexity index is 1200. The van der Waals surface area contributed by atoms with Gasteiger partial charge in [0.2, 0.25) is 11.7 Å². The van der Waals surface area contributed by atoms with Crippen molar-refractivity contribution in [1.29, 1.82) is 0 Å². The first-order valence-corrected chi connectivity index (χ1v) is 9.70. The number of amides is 2. The highest BCUT2D eigenvalue weighted by molar-refractivity contribution is 9.10. The number of hydrogen-bond acceptors (Lipinski definition) is 8. The maximum absolute atomic E-state index is 13.6. The fourth-order valence-corrected chi connectivity index (χ4v) is 3.83. The number of anilines is 1. The highest BCUT2D eigenvalue weighted by Gasteiger charge is 2.55. The molecule has 1 aromatic heterocycles. The summed E-state index contributed by atoms with van der Waals surface area (Å²) in [5.41, 5.74) is 0.911. The minimum absolute atomic E-state index is 0.00167. The van der Waals surface area contributed by atoms with E-state index in [2.05, 4.69) is 36.4 Å². The van der Waals surface area contributed by atoms with E-state index in [-0.39, 0.29) is 18.1 Å². The van der Waals surface area contributed by atoms with Gasteiger partial charge in [-0.1, -0.05) is 44.5 Å². The van der Waals surface area contributed by atoms with Crippen molar-refractivity contribution in [1.82, 2.24) is 15.1 Å². The van der Waals surface area contributed by atoms with Gasteiger partial charge in [0.15, 0.2) is 12.1 Å². The molecule has 0 aliphatic carbocycles. The van der Waals surface area contributed by atoms with Crippen molar-refractivity contribution < 1.29 is 18.5 Å². The van der Waals surface area contributed by atoms with Crippen LogP contribution in [0, 0.1) is 5.82 Å². The Balaban J connectivity index is 1.37. The molecule has 5 rings (SSSR count). The quantitative estimate of drug-likeness (QED) is 0.542. The van der Waals surface area contributed by atoms with Crippen molar-refractivity contribution in [2.75, 3.05) is 4.90 Å². The number of halogens is 2. The molecule has 2 aliphatic rings. The molecule has 0 unspecified atom stereocenters. The summed E-state index contributed by atoms with van der Waals surface area (Å²) in [6.45, 7) is 0.00167. The molecule has 0 radical (unpaired) electrons. The Morgan fingerprint density at radius 3 is 2.73 bits per heavy atom. The Kier molecular flexibility index (Phi) is 4.39. The van der Waals surface area contributed by atoms with Gasteiger partial charge in [-0.05, 0) is 30.3 Å². The van der Waals surface area contributed by atoms with E-state index in [4.69, 9.17) is 4.52 Å². The Morgan fingerprint density at radius 1 is 1.10 bits per heavy atom. The van der Waals surface area contributed by atoms with Gasteiger partial charge in [0.1, 0.15) is 12.4 Å². The van der Waals surface area contributed by atoms with E-state index in [1.165, 1.54) is 23.2 Å². The second kappa shape index (κ2) is 7.10. The third-order valence-electron chi connectivity index (χ3n) is 4.77. The third kappa shape index (κ3) is 3.07. The molecule has 0 N–H and O–H groups in total. The summed E-state index contributed by atoms with van der Waals surface area (Å²) in [7, 11) is 0. The lowest BCUT2D eigenvalue weighted by Crippen LogP contribution is -2.39. The fourth-order valence-electron chi connectivity index (χ4n) is 3.43. The van der Waals surface area contributed by atoms with E-state index < -0.39 is 29.7 Å². The molecular formula is C19H12BrFN6O3. The van der Waals surface area contributed by atoms with Gasteiger partial charge in [0.05, 0.1) is 5.69 Å². The van der Waals surface area contributed by atoms with Gasteiger partial charge in [-0.15, -0.1) is 0 Å². The highest BCUT2D eigenvalue weighted by atomic mass is 79.9. The third-order valence-corrected chi connectivity index (χ3v) is 5.27. The molecule has 30 heavy (non-hydrogen) atoms. The first-order chi connectivity index (χ1) is 14.5. The Morgan fingerprint density at radius 2 is 1.93 bits per heavy atom. The SMILES string of the molecule is O=C1[C@@H]2[C@@H](N=NN2Cc2nc(-c3cccc(Br)c3)no2)C(=O)N1c1cccc(F)c1. The summed E-state index contributed by atoms with van der Waals surface area (Å²) in [6, 6.07) is 10.7. The molecule has 0 bridgehead atoms. The molecule has 3 aromatic rings. The summed E-state index contributed by atoms with van der Waals surface area (Å²) in [5, 5.41) is 13.2. The molecule has 3 heterocycles. The van der Waals surface area contributed by atoms with Crippen LogP contribution in [0.3, 0.4) is 0 Å². The summed E-state index contributed by atoms with van der Waals surface area (Å²) < 4.78 is 19.7. The second-order valence-corrected chi connectivity index (χ2v) is 7.62. The number of nitrogens with zero attached hydrogens (tertiary/aromatic N) is 6. The minimum Gasteiger partial charge on any atom is -0.337 e. The lowest BCUT2D eigenvalue weighted by Gasteiger charge is -2.19. The van der Waals surface area contributed by atoms with Crippen molar-refractivity contribution in [2.24, 2.45) is 10.3 Å². The Labute approximate surface area is 177 Å². The van der Waals surface area contributed by atoms with E-state index in [1.54, 1.807) is 0 Å². The van der Waals surface area contributed by atoms with Gasteiger partial charge in [-0.3, -0.25) is 14.6 Å². The number of rotatable bonds is 4. The van der Waals surface area contributed by atoms with E-state index in [9.17, 15) is 14.0 Å². The van der Waals surface area contributed by atoms with Crippen LogP contribution >= 0.6 is 15.9 Å². The lowest BCUT2D eigenvalue weighted by atomic mass is 10.1. The smallest absolute Gasteiger partial charge is 0.263 e. The first-order valence-electron chi connectivity index (χ1n) is 8.90. The molecule has 1 fully saturated rings. The molecule has 0 spiro atoms. The number of carbonyl (C=O) groups excluding carboxylic acids is 2. The molecule has 11 heteroatoms. The van der Waals surface area contributed by atoms with Crippen LogP contribution in [0.2, 0.25) is 0 Å². The van der Waals surface area contributed by atoms with Gasteiger partial charge >= 0.3 is 0 Å². The number of benzene rings is 2. The van der Waals surface area contributed by atoms with Gasteiger partial charge in [-0.2, -0.15) is 10.1 Å². The highest BCUT2D eigenvalue weighted by Crippen LogP contribution is 2.33. The molecule has 2 amide bonds. The standard InChI is InChI=1S/C19H12BrFN6O3/c20-11-4-1-3-10(7-11)17-22-14(30-24-17)9-26-16-15(23-25-26)18(28)27(19(16)29)13-6-2-5-12(21)8-13/h1-8,15-16H,9H2/t15-,16+/m1/s1. The van der Waals surface area contributed by atoms with E-state index in [0.29, 0.717) is 5.82 Å². The number of fused-ring (bicyclic) bond motifs is 1. The van der Waals surface area contributed by atoms with Crippen LogP contribution < -0.4 is 4.90 Å². The largest absolute Gasteiger partial charge is 0.337 e. The molecule has 2 atom stereocenters. The zero-order valence-corrected chi connectivity index (χ0v) is 16.7. The van der Waals surface area contributed by atoms with Crippen molar-refractivity contribution >= 4 is 33.4 Å². The zero-order chi connectivity index (χ0) is 20.8. The molecule has 150 valence electrons. The van der Waals surface area contributed by atoms with E-state index in [0.717, 1.165) is 21.0 Å². The lowest BCUT2D eigenvalue weighted by molar-refractivity contribution is -0.123. The second-order valence-electron chi connectivity index (χ2n) is 6.71. The summed E-state index contributed by atoms with van der Waals surface area (Å²) in [4.78, 5) is 30.9. The van der Waals surface area contributed by atoms with E-state index in [1.807, 2.05) is 24.3 Å². The molecule has 1 saturated heterocycles. The van der Waals surface area contributed by atoms with Crippen LogP contribution in [0.1, 0.15) is 5.89 Å². The zero-order valence-electron chi connectivity index (χ0n) is 15.1. The van der Waals surface area contributed by atoms with Crippen LogP contribution in [-0.2, 0) is 16.1 Å². The monoisotopic (exact) mass is 470 g/mol. The Hall–Kier alpha value is -3.47. The number of aromatic nitrogens is 2. The van der Waals surface area contributed by atoms with Crippen LogP contribution in [0.15, 0.2) is 67.9 Å². The minimum atomic E-state index is -0.992. The van der Waals surface area contributed by atoms with Crippen LogP contribution in [0.25, 0.3) is 11.4 Å². The van der Waals surface area contributed by atoms with Gasteiger partial charge in [-0.25, -0.2) is 9.29 Å². The summed E-state index contributed by atoms with van der Waals surface area (Å²) in [6.07, 6.45) is 0. The van der Waals surface area contributed by atoms with Crippen LogP contribution in [0.4, 0.5) is 10.1 Å². The predicted molar refractivity (Wildman–Crippen MR) is 104 cm³/mol. The average Bonchev–Trinajstić information content (AvgIpc) is 3.41. The molecular weight excluding hydrogens is 459 g/mol. The molecule has 2 aromatic carbocycles. The fraction of sp³-hybridized carbons (Fsp3) is 0.158. The normalized spacial score (nSPS) is 20.3. The molecule has 2 aliphatic heterocycles. The van der Waals surface area contributed by atoms with Gasteiger partial charge in [0.25, 0.3) is 11.8 Å². The predicted octanol–water partition coefficient (Wildman–Crippen LogP) is 3.13. The molecule has 0 saturated carbocycles. The van der Waals surface area contributed by atoms with Crippen molar-refractivity contribution in [3.05, 3.63) is 64.7 Å². The van der Waals surface area contributed by atoms with Crippen molar-refractivity contribution in [2.45, 2.75) is 18.6 Å². The van der Waals surface area contributed by atoms with Gasteiger partial charge < -0.3 is 4.52 Å². The number of carbonyl (C=O) groups is 2. The number of imide groups is 1. The summed E-state index contributed by atoms with van der Waals surface area (Å²) >= 11 is 3.39. The number of hydrogen-bond donors (Lipinski definition) is 0. The first kappa shape index (κ1) is 18.6.